The fourth-order valence-electron chi connectivity index (χ4n) is 3.33. The van der Waals surface area contributed by atoms with Gasteiger partial charge in [0.2, 0.25) is 5.91 Å². The molecule has 0 spiro atoms. The molecule has 154 valence electrons. The quantitative estimate of drug-likeness (QED) is 0.581. The summed E-state index contributed by atoms with van der Waals surface area (Å²) >= 11 is 0. The number of hydrogen-bond donors (Lipinski definition) is 2. The number of benzene rings is 2. The molecular formula is C23H29ClN4O. The Morgan fingerprint density at radius 1 is 1.10 bits per heavy atom. The molecule has 3 rings (SSSR count). The predicted octanol–water partition coefficient (Wildman–Crippen LogP) is 4.23. The highest BCUT2D eigenvalue weighted by atomic mass is 35.5. The Labute approximate surface area is 178 Å². The Bertz CT molecular complexity index is 882. The Hall–Kier alpha value is -2.63. The molecule has 6 heteroatoms. The monoisotopic (exact) mass is 412 g/mol. The number of nitrogens with zero attached hydrogens (tertiary/aromatic N) is 2. The van der Waals surface area contributed by atoms with Crippen LogP contribution in [0.15, 0.2) is 66.7 Å². The highest BCUT2D eigenvalue weighted by Crippen LogP contribution is 2.21. The number of amides is 1. The first kappa shape index (κ1) is 22.7. The van der Waals surface area contributed by atoms with Crippen molar-refractivity contribution in [3.05, 3.63) is 78.0 Å². The van der Waals surface area contributed by atoms with E-state index in [0.29, 0.717) is 6.54 Å². The van der Waals surface area contributed by atoms with Crippen LogP contribution in [0.5, 0.6) is 0 Å². The molecule has 1 aromatic heterocycles. The first-order valence-corrected chi connectivity index (χ1v) is 9.71. The number of carbonyl (C=O) groups excluding carboxylic acids is 1. The van der Waals surface area contributed by atoms with Crippen LogP contribution in [0.2, 0.25) is 0 Å². The van der Waals surface area contributed by atoms with Crippen LogP contribution in [0.25, 0.3) is 11.3 Å². The SMILES string of the molecule is CC(C(=O)N(C)CCCc1cc(-c2ccccc2)n[nH]1)C(N)c1ccccc1.Cl. The van der Waals surface area contributed by atoms with Gasteiger partial charge in [0.15, 0.2) is 0 Å². The van der Waals surface area contributed by atoms with Crippen LogP contribution in [0.3, 0.4) is 0 Å². The highest BCUT2D eigenvalue weighted by molar-refractivity contribution is 5.85. The van der Waals surface area contributed by atoms with E-state index in [1.165, 1.54) is 0 Å². The molecule has 3 aromatic rings. The molecule has 2 unspecified atom stereocenters. The van der Waals surface area contributed by atoms with Gasteiger partial charge in [-0.3, -0.25) is 9.89 Å². The molecule has 0 fully saturated rings. The summed E-state index contributed by atoms with van der Waals surface area (Å²) in [5.41, 5.74) is 10.4. The summed E-state index contributed by atoms with van der Waals surface area (Å²) in [4.78, 5) is 14.5. The summed E-state index contributed by atoms with van der Waals surface area (Å²) < 4.78 is 0. The van der Waals surface area contributed by atoms with Crippen molar-refractivity contribution in [2.24, 2.45) is 11.7 Å². The van der Waals surface area contributed by atoms with Crippen LogP contribution in [-0.4, -0.2) is 34.6 Å². The van der Waals surface area contributed by atoms with Crippen molar-refractivity contribution in [3.8, 4) is 11.3 Å². The van der Waals surface area contributed by atoms with Gasteiger partial charge in [-0.2, -0.15) is 5.10 Å². The molecule has 3 N–H and O–H groups in total. The maximum atomic E-state index is 12.7. The third kappa shape index (κ3) is 5.92. The van der Waals surface area contributed by atoms with E-state index in [2.05, 4.69) is 16.3 Å². The fourth-order valence-corrected chi connectivity index (χ4v) is 3.33. The van der Waals surface area contributed by atoms with Gasteiger partial charge in [0.05, 0.1) is 11.6 Å². The molecule has 0 saturated carbocycles. The normalized spacial score (nSPS) is 12.7. The molecule has 0 saturated heterocycles. The first-order chi connectivity index (χ1) is 13.6. The largest absolute Gasteiger partial charge is 0.345 e. The Kier molecular flexibility index (Phi) is 8.43. The van der Waals surface area contributed by atoms with Crippen molar-refractivity contribution in [1.82, 2.24) is 15.1 Å². The molecule has 2 aromatic carbocycles. The minimum atomic E-state index is -0.294. The number of carbonyl (C=O) groups is 1. The lowest BCUT2D eigenvalue weighted by Gasteiger charge is -2.25. The predicted molar refractivity (Wildman–Crippen MR) is 120 cm³/mol. The molecule has 0 aliphatic heterocycles. The highest BCUT2D eigenvalue weighted by Gasteiger charge is 2.24. The number of nitrogens with one attached hydrogen (secondary N) is 1. The third-order valence-electron chi connectivity index (χ3n) is 5.13. The number of rotatable bonds is 8. The summed E-state index contributed by atoms with van der Waals surface area (Å²) in [6, 6.07) is 21.7. The van der Waals surface area contributed by atoms with E-state index in [-0.39, 0.29) is 30.3 Å². The zero-order valence-corrected chi connectivity index (χ0v) is 17.7. The molecule has 0 aliphatic rings. The van der Waals surface area contributed by atoms with E-state index < -0.39 is 0 Å². The molecule has 0 radical (unpaired) electrons. The van der Waals surface area contributed by atoms with Gasteiger partial charge in [-0.05, 0) is 24.5 Å². The number of nitrogens with two attached hydrogens (primary N) is 1. The molecule has 29 heavy (non-hydrogen) atoms. The van der Waals surface area contributed by atoms with Crippen molar-refractivity contribution >= 4 is 18.3 Å². The maximum absolute atomic E-state index is 12.7. The van der Waals surface area contributed by atoms with E-state index in [0.717, 1.165) is 35.4 Å². The van der Waals surface area contributed by atoms with Crippen LogP contribution in [0.1, 0.15) is 30.6 Å². The lowest BCUT2D eigenvalue weighted by atomic mass is 9.94. The van der Waals surface area contributed by atoms with Gasteiger partial charge in [0, 0.05) is 30.9 Å². The molecule has 1 amide bonds. The van der Waals surface area contributed by atoms with Gasteiger partial charge in [0.25, 0.3) is 0 Å². The van der Waals surface area contributed by atoms with Crippen LogP contribution in [0.4, 0.5) is 0 Å². The topological polar surface area (TPSA) is 75.0 Å². The number of aromatic amines is 1. The van der Waals surface area contributed by atoms with Crippen LogP contribution in [-0.2, 0) is 11.2 Å². The van der Waals surface area contributed by atoms with Gasteiger partial charge < -0.3 is 10.6 Å². The Balaban J connectivity index is 0.00000300. The Morgan fingerprint density at radius 3 is 2.38 bits per heavy atom. The number of H-pyrrole nitrogens is 1. The molecule has 1 heterocycles. The van der Waals surface area contributed by atoms with E-state index in [1.54, 1.807) is 4.90 Å². The molecule has 0 aliphatic carbocycles. The van der Waals surface area contributed by atoms with Gasteiger partial charge in [0.1, 0.15) is 0 Å². The summed E-state index contributed by atoms with van der Waals surface area (Å²) in [5, 5.41) is 7.48. The lowest BCUT2D eigenvalue weighted by Crippen LogP contribution is -2.37. The molecule has 0 bridgehead atoms. The van der Waals surface area contributed by atoms with Gasteiger partial charge in [-0.1, -0.05) is 67.6 Å². The average Bonchev–Trinajstić information content (AvgIpc) is 3.22. The van der Waals surface area contributed by atoms with Gasteiger partial charge in [-0.15, -0.1) is 12.4 Å². The zero-order valence-electron chi connectivity index (χ0n) is 16.9. The molecule has 2 atom stereocenters. The summed E-state index contributed by atoms with van der Waals surface area (Å²) in [5.74, 6) is -0.185. The number of hydrogen-bond acceptors (Lipinski definition) is 3. The van der Waals surface area contributed by atoms with Crippen molar-refractivity contribution in [2.75, 3.05) is 13.6 Å². The second-order valence-electron chi connectivity index (χ2n) is 7.23. The van der Waals surface area contributed by atoms with Crippen LogP contribution >= 0.6 is 12.4 Å². The van der Waals surface area contributed by atoms with Gasteiger partial charge in [-0.25, -0.2) is 0 Å². The van der Waals surface area contributed by atoms with Crippen molar-refractivity contribution in [2.45, 2.75) is 25.8 Å². The summed E-state index contributed by atoms with van der Waals surface area (Å²) in [7, 11) is 1.85. The standard InChI is InChI=1S/C23H28N4O.ClH/c1-17(22(24)19-12-7-4-8-13-19)23(28)27(2)15-9-14-20-16-21(26-25-20)18-10-5-3-6-11-18;/h3-8,10-13,16-17,22H,9,14-15,24H2,1-2H3,(H,25,26);1H. The van der Waals surface area contributed by atoms with Crippen LogP contribution in [0, 0.1) is 5.92 Å². The van der Waals surface area contributed by atoms with E-state index in [9.17, 15) is 4.79 Å². The number of aromatic nitrogens is 2. The van der Waals surface area contributed by atoms with E-state index in [4.69, 9.17) is 5.73 Å². The zero-order chi connectivity index (χ0) is 19.9. The van der Waals surface area contributed by atoms with E-state index in [1.807, 2.05) is 74.6 Å². The molecular weight excluding hydrogens is 384 g/mol. The molecule has 5 nitrogen and oxygen atoms in total. The average molecular weight is 413 g/mol. The first-order valence-electron chi connectivity index (χ1n) is 9.71. The summed E-state index contributed by atoms with van der Waals surface area (Å²) in [6.45, 7) is 2.59. The van der Waals surface area contributed by atoms with Crippen molar-refractivity contribution < 1.29 is 4.79 Å². The maximum Gasteiger partial charge on any atom is 0.227 e. The lowest BCUT2D eigenvalue weighted by molar-refractivity contribution is -0.134. The smallest absolute Gasteiger partial charge is 0.227 e. The summed E-state index contributed by atoms with van der Waals surface area (Å²) in [6.07, 6.45) is 1.71. The van der Waals surface area contributed by atoms with Crippen molar-refractivity contribution in [3.63, 3.8) is 0 Å². The second-order valence-corrected chi connectivity index (χ2v) is 7.23. The van der Waals surface area contributed by atoms with Gasteiger partial charge >= 0.3 is 0 Å². The minimum Gasteiger partial charge on any atom is -0.345 e. The van der Waals surface area contributed by atoms with Crippen LogP contribution < -0.4 is 5.73 Å². The Morgan fingerprint density at radius 2 is 1.72 bits per heavy atom. The van der Waals surface area contributed by atoms with Crippen molar-refractivity contribution in [1.29, 1.82) is 0 Å². The fraction of sp³-hybridized carbons (Fsp3) is 0.304. The second kappa shape index (κ2) is 10.8. The number of halogens is 1. The van der Waals surface area contributed by atoms with E-state index >= 15 is 0 Å². The number of aryl methyl sites for hydroxylation is 1. The minimum absolute atomic E-state index is 0. The third-order valence-corrected chi connectivity index (χ3v) is 5.13.